The number of carbonyl (C=O) groups excluding carboxylic acids is 2. The lowest BCUT2D eigenvalue weighted by Gasteiger charge is -2.19. The average molecular weight is 288 g/mol. The molecule has 0 spiro atoms. The monoisotopic (exact) mass is 288 g/mol. The van der Waals surface area contributed by atoms with Crippen molar-refractivity contribution in [1.29, 1.82) is 0 Å². The van der Waals surface area contributed by atoms with Crippen LogP contribution in [0.1, 0.15) is 38.8 Å². The molecule has 0 saturated heterocycles. The van der Waals surface area contributed by atoms with Gasteiger partial charge >= 0.3 is 0 Å². The van der Waals surface area contributed by atoms with E-state index in [1.807, 2.05) is 51.1 Å². The van der Waals surface area contributed by atoms with Gasteiger partial charge < -0.3 is 10.2 Å². The molecule has 4 heteroatoms. The standard InChI is InChI=1S/C17H24N2O2/c1-4-19(5-2)17(21)15-11-14(15)16(20)18-12(3)13-9-7-6-8-10-13/h6-10,12,14-15H,4-5,11H2,1-3H3,(H,18,20). The Morgan fingerprint density at radius 1 is 1.19 bits per heavy atom. The van der Waals surface area contributed by atoms with Gasteiger partial charge in [-0.2, -0.15) is 0 Å². The Morgan fingerprint density at radius 2 is 1.81 bits per heavy atom. The maximum absolute atomic E-state index is 12.2. The van der Waals surface area contributed by atoms with Gasteiger partial charge in [0.15, 0.2) is 0 Å². The third-order valence-corrected chi connectivity index (χ3v) is 4.18. The molecule has 3 atom stereocenters. The molecule has 4 nitrogen and oxygen atoms in total. The Morgan fingerprint density at radius 3 is 2.38 bits per heavy atom. The molecule has 0 aliphatic heterocycles. The highest BCUT2D eigenvalue weighted by atomic mass is 16.2. The fourth-order valence-corrected chi connectivity index (χ4v) is 2.67. The first-order valence-electron chi connectivity index (χ1n) is 7.72. The van der Waals surface area contributed by atoms with Gasteiger partial charge in [0.05, 0.1) is 17.9 Å². The summed E-state index contributed by atoms with van der Waals surface area (Å²) >= 11 is 0. The van der Waals surface area contributed by atoms with Crippen LogP contribution in [-0.4, -0.2) is 29.8 Å². The number of nitrogens with zero attached hydrogens (tertiary/aromatic N) is 1. The zero-order valence-electron chi connectivity index (χ0n) is 13.0. The average Bonchev–Trinajstić information content (AvgIpc) is 3.29. The van der Waals surface area contributed by atoms with Gasteiger partial charge in [0.1, 0.15) is 0 Å². The lowest BCUT2D eigenvalue weighted by Crippen LogP contribution is -2.34. The van der Waals surface area contributed by atoms with Crippen LogP contribution in [0.3, 0.4) is 0 Å². The van der Waals surface area contributed by atoms with E-state index in [1.54, 1.807) is 4.90 Å². The highest BCUT2D eigenvalue weighted by Crippen LogP contribution is 2.40. The van der Waals surface area contributed by atoms with Gasteiger partial charge in [0, 0.05) is 13.1 Å². The van der Waals surface area contributed by atoms with Crippen LogP contribution in [0.2, 0.25) is 0 Å². The first-order chi connectivity index (χ1) is 10.1. The Labute approximate surface area is 126 Å². The first kappa shape index (κ1) is 15.5. The second-order valence-corrected chi connectivity index (χ2v) is 5.60. The molecule has 0 bridgehead atoms. The lowest BCUT2D eigenvalue weighted by atomic mass is 10.1. The van der Waals surface area contributed by atoms with Crippen molar-refractivity contribution in [2.24, 2.45) is 11.8 Å². The van der Waals surface area contributed by atoms with Gasteiger partial charge in [-0.15, -0.1) is 0 Å². The zero-order valence-corrected chi connectivity index (χ0v) is 13.0. The van der Waals surface area contributed by atoms with Crippen molar-refractivity contribution < 1.29 is 9.59 Å². The van der Waals surface area contributed by atoms with Crippen LogP contribution in [0.25, 0.3) is 0 Å². The summed E-state index contributed by atoms with van der Waals surface area (Å²) in [4.78, 5) is 26.2. The Balaban J connectivity index is 1.87. The first-order valence-corrected chi connectivity index (χ1v) is 7.72. The molecule has 2 amide bonds. The quantitative estimate of drug-likeness (QED) is 0.873. The maximum Gasteiger partial charge on any atom is 0.226 e. The summed E-state index contributed by atoms with van der Waals surface area (Å²) in [6.07, 6.45) is 0.683. The molecular formula is C17H24N2O2. The lowest BCUT2D eigenvalue weighted by molar-refractivity contribution is -0.134. The zero-order chi connectivity index (χ0) is 15.4. The highest BCUT2D eigenvalue weighted by Gasteiger charge is 2.49. The van der Waals surface area contributed by atoms with Crippen molar-refractivity contribution >= 4 is 11.8 Å². The number of nitrogens with one attached hydrogen (secondary N) is 1. The molecule has 3 unspecified atom stereocenters. The van der Waals surface area contributed by atoms with Gasteiger partial charge in [-0.25, -0.2) is 0 Å². The van der Waals surface area contributed by atoms with E-state index in [9.17, 15) is 9.59 Å². The summed E-state index contributed by atoms with van der Waals surface area (Å²) in [5.74, 6) is -0.151. The topological polar surface area (TPSA) is 49.4 Å². The molecule has 0 radical (unpaired) electrons. The number of hydrogen-bond acceptors (Lipinski definition) is 2. The Kier molecular flexibility index (Phi) is 4.99. The van der Waals surface area contributed by atoms with Crippen LogP contribution in [0.5, 0.6) is 0 Å². The molecule has 0 heterocycles. The van der Waals surface area contributed by atoms with Crippen LogP contribution < -0.4 is 5.32 Å². The molecule has 2 rings (SSSR count). The van der Waals surface area contributed by atoms with Gasteiger partial charge in [-0.1, -0.05) is 30.3 Å². The number of rotatable bonds is 6. The molecule has 1 N–H and O–H groups in total. The smallest absolute Gasteiger partial charge is 0.226 e. The van der Waals surface area contributed by atoms with Gasteiger partial charge in [-0.3, -0.25) is 9.59 Å². The molecular weight excluding hydrogens is 264 g/mol. The third kappa shape index (κ3) is 3.63. The summed E-state index contributed by atoms with van der Waals surface area (Å²) in [6, 6.07) is 9.84. The molecule has 1 aromatic carbocycles. The van der Waals surface area contributed by atoms with Crippen LogP contribution in [0.15, 0.2) is 30.3 Å². The van der Waals surface area contributed by atoms with Crippen molar-refractivity contribution in [3.8, 4) is 0 Å². The van der Waals surface area contributed by atoms with E-state index in [2.05, 4.69) is 5.32 Å². The summed E-state index contributed by atoms with van der Waals surface area (Å²) in [6.45, 7) is 7.32. The number of carbonyl (C=O) groups is 2. The van der Waals surface area contributed by atoms with E-state index < -0.39 is 0 Å². The van der Waals surface area contributed by atoms with E-state index in [1.165, 1.54) is 0 Å². The maximum atomic E-state index is 12.2. The summed E-state index contributed by atoms with van der Waals surface area (Å²) in [5, 5.41) is 3.01. The Hall–Kier alpha value is -1.84. The van der Waals surface area contributed by atoms with Crippen molar-refractivity contribution in [1.82, 2.24) is 10.2 Å². The Bertz CT molecular complexity index is 497. The van der Waals surface area contributed by atoms with Crippen LogP contribution in [-0.2, 0) is 9.59 Å². The predicted molar refractivity (Wildman–Crippen MR) is 82.5 cm³/mol. The molecule has 0 aromatic heterocycles. The molecule has 1 saturated carbocycles. The molecule has 21 heavy (non-hydrogen) atoms. The number of amides is 2. The van der Waals surface area contributed by atoms with Gasteiger partial charge in [0.2, 0.25) is 11.8 Å². The fraction of sp³-hybridized carbons (Fsp3) is 0.529. The normalized spacial score (nSPS) is 21.5. The van der Waals surface area contributed by atoms with Gasteiger partial charge in [0.25, 0.3) is 0 Å². The molecule has 1 aliphatic carbocycles. The van der Waals surface area contributed by atoms with Crippen LogP contribution in [0.4, 0.5) is 0 Å². The molecule has 1 fully saturated rings. The second-order valence-electron chi connectivity index (χ2n) is 5.60. The van der Waals surface area contributed by atoms with Crippen molar-refractivity contribution in [3.05, 3.63) is 35.9 Å². The van der Waals surface area contributed by atoms with E-state index in [0.29, 0.717) is 19.5 Å². The minimum atomic E-state index is -0.149. The fourth-order valence-electron chi connectivity index (χ4n) is 2.67. The summed E-state index contributed by atoms with van der Waals surface area (Å²) in [7, 11) is 0. The largest absolute Gasteiger partial charge is 0.349 e. The number of hydrogen-bond donors (Lipinski definition) is 1. The summed E-state index contributed by atoms with van der Waals surface area (Å²) in [5.41, 5.74) is 1.08. The minimum Gasteiger partial charge on any atom is -0.349 e. The van der Waals surface area contributed by atoms with E-state index in [-0.39, 0.29) is 29.7 Å². The highest BCUT2D eigenvalue weighted by molar-refractivity contribution is 5.92. The van der Waals surface area contributed by atoms with E-state index in [4.69, 9.17) is 0 Å². The summed E-state index contributed by atoms with van der Waals surface area (Å²) < 4.78 is 0. The predicted octanol–water partition coefficient (Wildman–Crippen LogP) is 2.37. The molecule has 114 valence electrons. The van der Waals surface area contributed by atoms with Crippen LogP contribution >= 0.6 is 0 Å². The number of benzene rings is 1. The van der Waals surface area contributed by atoms with Crippen molar-refractivity contribution in [3.63, 3.8) is 0 Å². The van der Waals surface area contributed by atoms with Crippen molar-refractivity contribution in [2.45, 2.75) is 33.2 Å². The third-order valence-electron chi connectivity index (χ3n) is 4.18. The molecule has 1 aliphatic rings. The van der Waals surface area contributed by atoms with Crippen molar-refractivity contribution in [2.75, 3.05) is 13.1 Å². The molecule has 1 aromatic rings. The minimum absolute atomic E-state index is 0.00291. The van der Waals surface area contributed by atoms with Gasteiger partial charge in [-0.05, 0) is 32.8 Å². The van der Waals surface area contributed by atoms with E-state index >= 15 is 0 Å². The van der Waals surface area contributed by atoms with E-state index in [0.717, 1.165) is 5.56 Å². The van der Waals surface area contributed by atoms with Crippen LogP contribution in [0, 0.1) is 11.8 Å². The second kappa shape index (κ2) is 6.74. The SMILES string of the molecule is CCN(CC)C(=O)C1CC1C(=O)NC(C)c1ccccc1.